The van der Waals surface area contributed by atoms with E-state index in [9.17, 15) is 15.1 Å². The van der Waals surface area contributed by atoms with Gasteiger partial charge in [0.1, 0.15) is 11.2 Å². The first kappa shape index (κ1) is 21.1. The van der Waals surface area contributed by atoms with Crippen LogP contribution in [0, 0.1) is 0 Å². The van der Waals surface area contributed by atoms with Crippen molar-refractivity contribution in [3.05, 3.63) is 242 Å². The lowest BCUT2D eigenvalue weighted by molar-refractivity contribution is 0.670. The number of hydrogen-bond donors (Lipinski definition) is 0. The maximum Gasteiger partial charge on any atom is 0.145 e. The molecule has 13 rings (SSSR count). The van der Waals surface area contributed by atoms with Gasteiger partial charge in [-0.15, -0.1) is 0 Å². The highest BCUT2D eigenvalue weighted by Crippen LogP contribution is 2.48. The average Bonchev–Trinajstić information content (AvgIpc) is 1.32. The fraction of sp³-hybridized carbons (Fsp3) is 0. The Kier molecular flexibility index (Phi) is 4.88. The second kappa shape index (κ2) is 15.0. The van der Waals surface area contributed by atoms with E-state index in [1.54, 1.807) is 36.4 Å². The molecule has 65 heavy (non-hydrogen) atoms. The van der Waals surface area contributed by atoms with Crippen molar-refractivity contribution >= 4 is 82.4 Å². The minimum Gasteiger partial charge on any atom is -0.455 e. The van der Waals surface area contributed by atoms with E-state index >= 15 is 0 Å². The quantitative estimate of drug-likeness (QED) is 0.159. The number of para-hydroxylation sites is 3. The highest BCUT2D eigenvalue weighted by molar-refractivity contribution is 6.14. The number of nitrogens with zero attached hydrogens (tertiary/aromatic N) is 2. The second-order valence-electron chi connectivity index (χ2n) is 15.1. The molecule has 0 bridgehead atoms. The lowest BCUT2D eigenvalue weighted by Gasteiger charge is -2.28. The van der Waals surface area contributed by atoms with E-state index in [0.29, 0.717) is 27.6 Å². The molecule has 0 aliphatic rings. The van der Waals surface area contributed by atoms with Gasteiger partial charge in [0.2, 0.25) is 0 Å². The normalized spacial score (nSPS) is 16.4. The molecule has 0 saturated heterocycles. The summed E-state index contributed by atoms with van der Waals surface area (Å²) in [5.41, 5.74) is -0.855. The Morgan fingerprint density at radius 3 is 1.82 bits per heavy atom. The van der Waals surface area contributed by atoms with Gasteiger partial charge in [-0.1, -0.05) is 169 Å². The van der Waals surface area contributed by atoms with Crippen molar-refractivity contribution < 1.29 is 34.6 Å². The molecule has 13 aromatic rings. The molecular formula is C62H40N2O. The number of anilines is 3. The molecule has 304 valence electrons. The number of hydrogen-bond acceptors (Lipinski definition) is 2. The Morgan fingerprint density at radius 1 is 0.415 bits per heavy atom. The van der Waals surface area contributed by atoms with Gasteiger partial charge in [-0.3, -0.25) is 0 Å². The summed E-state index contributed by atoms with van der Waals surface area (Å²) < 4.78 is 211. The van der Waals surface area contributed by atoms with Gasteiger partial charge in [-0.05, 0) is 122 Å². The van der Waals surface area contributed by atoms with Crippen LogP contribution in [-0.2, 0) is 0 Å². The van der Waals surface area contributed by atoms with Gasteiger partial charge in [0, 0.05) is 44.2 Å². The molecule has 0 atom stereocenters. The van der Waals surface area contributed by atoms with Gasteiger partial charge in [0.05, 0.1) is 46.9 Å². The van der Waals surface area contributed by atoms with Crippen LogP contribution in [0.25, 0.3) is 104 Å². The van der Waals surface area contributed by atoms with Crippen molar-refractivity contribution in [2.75, 3.05) is 4.90 Å². The van der Waals surface area contributed by atoms with Crippen molar-refractivity contribution in [2.24, 2.45) is 0 Å². The van der Waals surface area contributed by atoms with Gasteiger partial charge < -0.3 is 13.9 Å². The van der Waals surface area contributed by atoms with Crippen LogP contribution in [0.4, 0.5) is 17.1 Å². The fourth-order valence-corrected chi connectivity index (χ4v) is 8.59. The lowest BCUT2D eigenvalue weighted by atomic mass is 9.96. The maximum absolute atomic E-state index is 10.1. The van der Waals surface area contributed by atoms with E-state index in [0.717, 1.165) is 26.7 Å². The van der Waals surface area contributed by atoms with Crippen molar-refractivity contribution in [3.8, 4) is 39.1 Å². The van der Waals surface area contributed by atoms with Crippen molar-refractivity contribution in [1.82, 2.24) is 4.57 Å². The highest BCUT2D eigenvalue weighted by Gasteiger charge is 2.24. The molecule has 0 aliphatic heterocycles. The zero-order chi connectivity index (χ0) is 62.0. The molecule has 3 heteroatoms. The molecule has 11 aromatic carbocycles. The summed E-state index contributed by atoms with van der Waals surface area (Å²) in [7, 11) is 0. The zero-order valence-corrected chi connectivity index (χ0v) is 33.7. The molecule has 0 fully saturated rings. The Bertz CT molecular complexity index is 5170. The SMILES string of the molecule is [2H]c1c([2H])c(N(c2ccc3c(oc4ccccc43)c2-c2cccc(-n3c4ccccc4c4ccccc43)c2)c2c([2H])c([2H])c(-c3c([2H])c([2H])c([2H])c4c([2H])c([2H])c([2H])c([2H])c34)c([2H])c2[2H])c([2H])c([2H])c1-c1c([2H])c([2H])c2c([2H])c([2H])c([2H])c([2H])c2c1[2H]. The number of rotatable bonds is 7. The minimum atomic E-state index is -0.958. The first-order valence-corrected chi connectivity index (χ1v) is 20.5. The standard InChI is InChI=1S/C62H40N2O/c1-2-15-45-39-46(28-27-41(45)13-1)42-29-33-48(34-30-42)63(49-35-31-44(32-36-49)52-23-12-16-43-14-3-4-19-51(43)52)59-38-37-56-55-22-7-10-26-60(55)65-62(56)61(59)47-17-11-18-50(40-47)64-57-24-8-5-20-53(57)54-21-6-9-25-58(54)64/h1-40H/i1D,2D,3D,4D,12D,13D,14D,15D,16D,19D,23D,27D,28D,29D,30D,31D,32D,33D,34D,35D,36D,39D. The van der Waals surface area contributed by atoms with Crippen LogP contribution in [-0.4, -0.2) is 4.57 Å². The average molecular weight is 851 g/mol. The van der Waals surface area contributed by atoms with Crippen molar-refractivity contribution in [1.29, 1.82) is 0 Å². The fourth-order valence-electron chi connectivity index (χ4n) is 8.59. The van der Waals surface area contributed by atoms with Crippen molar-refractivity contribution in [2.45, 2.75) is 0 Å². The molecule has 0 saturated carbocycles. The van der Waals surface area contributed by atoms with E-state index in [1.807, 2.05) is 66.7 Å². The molecule has 0 aliphatic carbocycles. The van der Waals surface area contributed by atoms with E-state index in [-0.39, 0.29) is 16.8 Å². The molecule has 0 spiro atoms. The predicted molar refractivity (Wildman–Crippen MR) is 274 cm³/mol. The third-order valence-electron chi connectivity index (χ3n) is 11.5. The minimum absolute atomic E-state index is 0.117. The van der Waals surface area contributed by atoms with Crippen LogP contribution >= 0.6 is 0 Å². The first-order chi connectivity index (χ1) is 41.4. The van der Waals surface area contributed by atoms with Crippen LogP contribution in [0.5, 0.6) is 0 Å². The summed E-state index contributed by atoms with van der Waals surface area (Å²) >= 11 is 0. The van der Waals surface area contributed by atoms with E-state index in [2.05, 4.69) is 4.57 Å². The maximum atomic E-state index is 10.1. The molecule has 0 radical (unpaired) electrons. The van der Waals surface area contributed by atoms with E-state index in [4.69, 9.17) is 19.5 Å². The van der Waals surface area contributed by atoms with Gasteiger partial charge in [-0.25, -0.2) is 0 Å². The Labute approximate surface area is 407 Å². The number of aromatic nitrogens is 1. The molecule has 0 N–H and O–H groups in total. The summed E-state index contributed by atoms with van der Waals surface area (Å²) in [6.45, 7) is 0. The summed E-state index contributed by atoms with van der Waals surface area (Å²) in [5.74, 6) is 0. The number of benzene rings is 11. The first-order valence-electron chi connectivity index (χ1n) is 31.5. The third kappa shape index (κ3) is 6.12. The Balaban J connectivity index is 1.17. The van der Waals surface area contributed by atoms with E-state index < -0.39 is 188 Å². The molecule has 2 heterocycles. The lowest BCUT2D eigenvalue weighted by Crippen LogP contribution is -2.11. The Morgan fingerprint density at radius 2 is 1.05 bits per heavy atom. The summed E-state index contributed by atoms with van der Waals surface area (Å²) in [5, 5.41) is 1.01. The van der Waals surface area contributed by atoms with Crippen LogP contribution in [0.15, 0.2) is 247 Å². The van der Waals surface area contributed by atoms with Crippen molar-refractivity contribution in [3.63, 3.8) is 0 Å². The van der Waals surface area contributed by atoms with Crippen LogP contribution < -0.4 is 4.90 Å². The molecule has 0 unspecified atom stereocenters. The van der Waals surface area contributed by atoms with Gasteiger partial charge in [-0.2, -0.15) is 0 Å². The monoisotopic (exact) mass is 850 g/mol. The van der Waals surface area contributed by atoms with Crippen LogP contribution in [0.3, 0.4) is 0 Å². The summed E-state index contributed by atoms with van der Waals surface area (Å²) in [6, 6.07) is 14.4. The Hall–Kier alpha value is -8.66. The van der Waals surface area contributed by atoms with Gasteiger partial charge in [0.25, 0.3) is 0 Å². The molecular weight excluding hydrogens is 789 g/mol. The van der Waals surface area contributed by atoms with Gasteiger partial charge >= 0.3 is 0 Å². The predicted octanol–water partition coefficient (Wildman–Crippen LogP) is 17.5. The zero-order valence-electron chi connectivity index (χ0n) is 55.7. The highest BCUT2D eigenvalue weighted by atomic mass is 16.3. The topological polar surface area (TPSA) is 21.3 Å². The molecule has 2 aromatic heterocycles. The second-order valence-corrected chi connectivity index (χ2v) is 15.1. The largest absolute Gasteiger partial charge is 0.455 e. The molecule has 0 amide bonds. The summed E-state index contributed by atoms with van der Waals surface area (Å²) in [4.78, 5) is 0.995. The summed E-state index contributed by atoms with van der Waals surface area (Å²) in [6.07, 6.45) is 0. The van der Waals surface area contributed by atoms with Gasteiger partial charge in [0.15, 0.2) is 0 Å². The number of fused-ring (bicyclic) bond motifs is 8. The van der Waals surface area contributed by atoms with Crippen LogP contribution in [0.2, 0.25) is 0 Å². The van der Waals surface area contributed by atoms with Crippen LogP contribution in [0.1, 0.15) is 30.2 Å². The number of furan rings is 1. The smallest absolute Gasteiger partial charge is 0.145 e. The third-order valence-corrected chi connectivity index (χ3v) is 11.5. The molecule has 3 nitrogen and oxygen atoms in total. The van der Waals surface area contributed by atoms with E-state index in [1.165, 1.54) is 6.07 Å².